The van der Waals surface area contributed by atoms with Crippen molar-refractivity contribution in [2.24, 2.45) is 0 Å². The number of esters is 2. The Labute approximate surface area is 170 Å². The molecule has 0 spiro atoms. The summed E-state index contributed by atoms with van der Waals surface area (Å²) < 4.78 is 37.7. The van der Waals surface area contributed by atoms with Crippen molar-refractivity contribution in [3.8, 4) is 0 Å². The average molecular weight is 423 g/mol. The van der Waals surface area contributed by atoms with Gasteiger partial charge < -0.3 is 14.8 Å². The van der Waals surface area contributed by atoms with Crippen LogP contribution in [0, 0.1) is 0 Å². The van der Waals surface area contributed by atoms with Crippen molar-refractivity contribution in [1.82, 2.24) is 4.31 Å². The minimum absolute atomic E-state index is 0.0427. The number of cyclic esters (lactones) is 2. The maximum atomic E-state index is 13.0. The highest BCUT2D eigenvalue weighted by molar-refractivity contribution is 7.89. The van der Waals surface area contributed by atoms with Crippen molar-refractivity contribution in [2.75, 3.05) is 5.32 Å². The molecule has 2 heterocycles. The molecule has 2 atom stereocenters. The van der Waals surface area contributed by atoms with E-state index in [9.17, 15) is 18.0 Å². The number of benzene rings is 1. The second kappa shape index (κ2) is 7.79. The number of rotatable bonds is 4. The SMILES string of the molecule is CC1CCCC(C)N1S(=O)(=O)c1ccc(NC=C2C(=O)OC(C)(C)OC2=O)cc1. The van der Waals surface area contributed by atoms with Gasteiger partial charge in [-0.3, -0.25) is 0 Å². The third kappa shape index (κ3) is 4.45. The van der Waals surface area contributed by atoms with Crippen LogP contribution in [0.25, 0.3) is 0 Å². The quantitative estimate of drug-likeness (QED) is 0.452. The summed E-state index contributed by atoms with van der Waals surface area (Å²) in [5.74, 6) is -2.87. The molecule has 158 valence electrons. The van der Waals surface area contributed by atoms with E-state index in [-0.39, 0.29) is 22.6 Å². The molecule has 0 amide bonds. The molecule has 2 unspecified atom stereocenters. The van der Waals surface area contributed by atoms with E-state index in [2.05, 4.69) is 5.32 Å². The molecule has 3 rings (SSSR count). The van der Waals surface area contributed by atoms with E-state index in [1.54, 1.807) is 16.4 Å². The van der Waals surface area contributed by atoms with Crippen LogP contribution in [0.2, 0.25) is 0 Å². The second-order valence-electron chi connectivity index (χ2n) is 7.87. The third-order valence-electron chi connectivity index (χ3n) is 5.04. The van der Waals surface area contributed by atoms with Crippen molar-refractivity contribution >= 4 is 27.6 Å². The molecule has 8 nitrogen and oxygen atoms in total. The predicted octanol–water partition coefficient (Wildman–Crippen LogP) is 2.77. The lowest BCUT2D eigenvalue weighted by Gasteiger charge is -2.37. The summed E-state index contributed by atoms with van der Waals surface area (Å²) in [4.78, 5) is 24.1. The number of nitrogens with zero attached hydrogens (tertiary/aromatic N) is 1. The Bertz CT molecular complexity index is 904. The fourth-order valence-electron chi connectivity index (χ4n) is 3.65. The van der Waals surface area contributed by atoms with E-state index < -0.39 is 27.7 Å². The first-order chi connectivity index (χ1) is 13.5. The predicted molar refractivity (Wildman–Crippen MR) is 106 cm³/mol. The molecule has 1 N–H and O–H groups in total. The van der Waals surface area contributed by atoms with Gasteiger partial charge in [0, 0.05) is 37.8 Å². The van der Waals surface area contributed by atoms with Crippen molar-refractivity contribution < 1.29 is 27.5 Å². The lowest BCUT2D eigenvalue weighted by molar-refractivity contribution is -0.222. The van der Waals surface area contributed by atoms with Gasteiger partial charge in [-0.05, 0) is 51.0 Å². The molecule has 2 saturated heterocycles. The Morgan fingerprint density at radius 1 is 1.03 bits per heavy atom. The summed E-state index contributed by atoms with van der Waals surface area (Å²) in [7, 11) is -3.60. The molecule has 0 saturated carbocycles. The Hall–Kier alpha value is -2.39. The zero-order valence-corrected chi connectivity index (χ0v) is 17.8. The number of carbonyl (C=O) groups excluding carboxylic acids is 2. The van der Waals surface area contributed by atoms with Gasteiger partial charge in [0.2, 0.25) is 10.0 Å². The lowest BCUT2D eigenvalue weighted by atomic mass is 10.0. The first kappa shape index (κ1) is 21.3. The third-order valence-corrected chi connectivity index (χ3v) is 7.19. The van der Waals surface area contributed by atoms with Gasteiger partial charge >= 0.3 is 11.9 Å². The summed E-state index contributed by atoms with van der Waals surface area (Å²) in [6.07, 6.45) is 3.91. The molecule has 0 radical (unpaired) electrons. The van der Waals surface area contributed by atoms with Gasteiger partial charge in [0.1, 0.15) is 0 Å². The molecule has 1 aromatic carbocycles. The summed E-state index contributed by atoms with van der Waals surface area (Å²) in [5.41, 5.74) is 0.249. The second-order valence-corrected chi connectivity index (χ2v) is 9.71. The number of nitrogens with one attached hydrogen (secondary N) is 1. The maximum Gasteiger partial charge on any atom is 0.350 e. The van der Waals surface area contributed by atoms with Crippen molar-refractivity contribution in [3.05, 3.63) is 36.0 Å². The van der Waals surface area contributed by atoms with Gasteiger partial charge in [0.15, 0.2) is 5.57 Å². The Balaban J connectivity index is 1.75. The summed E-state index contributed by atoms with van der Waals surface area (Å²) in [5, 5.41) is 2.81. The smallest absolute Gasteiger partial charge is 0.350 e. The van der Waals surface area contributed by atoms with Gasteiger partial charge in [-0.2, -0.15) is 4.31 Å². The molecule has 2 aliphatic heterocycles. The molecule has 9 heteroatoms. The number of sulfonamides is 1. The van der Waals surface area contributed by atoms with Crippen LogP contribution in [0.1, 0.15) is 47.0 Å². The zero-order valence-electron chi connectivity index (χ0n) is 17.0. The fraction of sp³-hybridized carbons (Fsp3) is 0.500. The van der Waals surface area contributed by atoms with Crippen molar-refractivity contribution in [1.29, 1.82) is 0 Å². The highest BCUT2D eigenvalue weighted by Gasteiger charge is 2.39. The minimum atomic E-state index is -3.60. The molecule has 0 bridgehead atoms. The molecular weight excluding hydrogens is 396 g/mol. The number of ether oxygens (including phenoxy) is 2. The van der Waals surface area contributed by atoms with E-state index in [4.69, 9.17) is 9.47 Å². The van der Waals surface area contributed by atoms with Gasteiger partial charge in [-0.25, -0.2) is 18.0 Å². The van der Waals surface area contributed by atoms with E-state index in [1.807, 2.05) is 13.8 Å². The molecule has 29 heavy (non-hydrogen) atoms. The zero-order chi connectivity index (χ0) is 21.4. The standard InChI is InChI=1S/C20H26N2O6S/c1-13-6-5-7-14(2)22(13)29(25,26)16-10-8-15(9-11-16)21-12-17-18(23)27-20(3,4)28-19(17)24/h8-14,21H,5-7H2,1-4H3. The number of anilines is 1. The van der Waals surface area contributed by atoms with Gasteiger partial charge in [0.05, 0.1) is 4.90 Å². The first-order valence-electron chi connectivity index (χ1n) is 9.58. The monoisotopic (exact) mass is 422 g/mol. The Kier molecular flexibility index (Phi) is 5.73. The first-order valence-corrected chi connectivity index (χ1v) is 11.0. The number of piperidine rings is 1. The maximum absolute atomic E-state index is 13.0. The highest BCUT2D eigenvalue weighted by atomic mass is 32.2. The van der Waals surface area contributed by atoms with Gasteiger partial charge in [0.25, 0.3) is 5.79 Å². The topological polar surface area (TPSA) is 102 Å². The highest BCUT2D eigenvalue weighted by Crippen LogP contribution is 2.30. The van der Waals surface area contributed by atoms with E-state index in [1.165, 1.54) is 32.2 Å². The molecule has 1 aromatic rings. The average Bonchev–Trinajstić information content (AvgIpc) is 2.60. The van der Waals surface area contributed by atoms with Crippen molar-refractivity contribution in [3.63, 3.8) is 0 Å². The normalized spacial score (nSPS) is 25.2. The largest absolute Gasteiger partial charge is 0.419 e. The van der Waals surface area contributed by atoms with Crippen LogP contribution in [-0.2, 0) is 29.1 Å². The van der Waals surface area contributed by atoms with Crippen LogP contribution < -0.4 is 5.32 Å². The Morgan fingerprint density at radius 2 is 1.55 bits per heavy atom. The lowest BCUT2D eigenvalue weighted by Crippen LogP contribution is -2.47. The van der Waals surface area contributed by atoms with E-state index in [0.29, 0.717) is 5.69 Å². The molecule has 2 aliphatic rings. The number of hydrogen-bond donors (Lipinski definition) is 1. The van der Waals surface area contributed by atoms with Gasteiger partial charge in [-0.15, -0.1) is 0 Å². The molecular formula is C20H26N2O6S. The van der Waals surface area contributed by atoms with Crippen LogP contribution in [-0.4, -0.2) is 42.5 Å². The Morgan fingerprint density at radius 3 is 2.07 bits per heavy atom. The number of hydrogen-bond acceptors (Lipinski definition) is 7. The summed E-state index contributed by atoms with van der Waals surface area (Å²) >= 11 is 0. The van der Waals surface area contributed by atoms with E-state index >= 15 is 0 Å². The van der Waals surface area contributed by atoms with Crippen LogP contribution in [0.15, 0.2) is 40.9 Å². The minimum Gasteiger partial charge on any atom is -0.419 e. The fourth-order valence-corrected chi connectivity index (χ4v) is 5.53. The molecule has 0 aliphatic carbocycles. The molecule has 0 aromatic heterocycles. The van der Waals surface area contributed by atoms with Crippen molar-refractivity contribution in [2.45, 2.75) is 69.7 Å². The summed E-state index contributed by atoms with van der Waals surface area (Å²) in [6.45, 7) is 6.80. The van der Waals surface area contributed by atoms with E-state index in [0.717, 1.165) is 19.3 Å². The summed E-state index contributed by atoms with van der Waals surface area (Å²) in [6, 6.07) is 6.08. The van der Waals surface area contributed by atoms with Crippen LogP contribution >= 0.6 is 0 Å². The number of carbonyl (C=O) groups is 2. The molecule has 2 fully saturated rings. The van der Waals surface area contributed by atoms with Crippen LogP contribution in [0.3, 0.4) is 0 Å². The van der Waals surface area contributed by atoms with Crippen LogP contribution in [0.4, 0.5) is 5.69 Å². The van der Waals surface area contributed by atoms with Crippen LogP contribution in [0.5, 0.6) is 0 Å². The van der Waals surface area contributed by atoms with Gasteiger partial charge in [-0.1, -0.05) is 6.42 Å².